The van der Waals surface area contributed by atoms with Crippen molar-refractivity contribution in [2.45, 2.75) is 20.3 Å². The Hall–Kier alpha value is -2.29. The third-order valence-corrected chi connectivity index (χ3v) is 3.02. The van der Waals surface area contributed by atoms with Crippen molar-refractivity contribution in [2.24, 2.45) is 0 Å². The number of aryl methyl sites for hydroxylation is 2. The van der Waals surface area contributed by atoms with Gasteiger partial charge in [-0.2, -0.15) is 0 Å². The molecule has 0 aliphatic rings. The molecule has 0 atom stereocenters. The summed E-state index contributed by atoms with van der Waals surface area (Å²) in [7, 11) is 0. The molecule has 1 N–H and O–H groups in total. The zero-order chi connectivity index (χ0) is 13.8. The van der Waals surface area contributed by atoms with Crippen LogP contribution in [0.5, 0.6) is 5.75 Å². The van der Waals surface area contributed by atoms with Gasteiger partial charge in [0.15, 0.2) is 0 Å². The minimum atomic E-state index is -1.29. The van der Waals surface area contributed by atoms with Gasteiger partial charge in [-0.05, 0) is 36.6 Å². The number of carboxylic acid groups (broad SMARTS) is 1. The Morgan fingerprint density at radius 1 is 1.16 bits per heavy atom. The number of ether oxygens (including phenoxy) is 1. The molecule has 2 aromatic carbocycles. The minimum absolute atomic E-state index is 0.374. The van der Waals surface area contributed by atoms with Gasteiger partial charge in [-0.15, -0.1) is 0 Å². The number of hydrogen-bond donors (Lipinski definition) is 1. The van der Waals surface area contributed by atoms with Gasteiger partial charge in [-0.1, -0.05) is 42.8 Å². The minimum Gasteiger partial charge on any atom is -0.449 e. The van der Waals surface area contributed by atoms with Gasteiger partial charge in [0.05, 0.1) is 0 Å². The highest BCUT2D eigenvalue weighted by molar-refractivity contribution is 5.76. The summed E-state index contributed by atoms with van der Waals surface area (Å²) in [5.74, 6) is 0.374. The predicted octanol–water partition coefficient (Wildman–Crippen LogP) is 4.28. The van der Waals surface area contributed by atoms with Crippen molar-refractivity contribution < 1.29 is 14.6 Å². The molecule has 0 saturated carbocycles. The fourth-order valence-electron chi connectivity index (χ4n) is 2.13. The lowest BCUT2D eigenvalue weighted by atomic mass is 9.96. The largest absolute Gasteiger partial charge is 0.511 e. The van der Waals surface area contributed by atoms with Crippen LogP contribution in [-0.2, 0) is 6.42 Å². The highest BCUT2D eigenvalue weighted by Crippen LogP contribution is 2.33. The maximum atomic E-state index is 10.8. The van der Waals surface area contributed by atoms with Crippen LogP contribution in [0.2, 0.25) is 0 Å². The summed E-state index contributed by atoms with van der Waals surface area (Å²) in [4.78, 5) is 10.8. The van der Waals surface area contributed by atoms with Crippen LogP contribution in [0, 0.1) is 6.92 Å². The maximum Gasteiger partial charge on any atom is 0.511 e. The van der Waals surface area contributed by atoms with E-state index >= 15 is 0 Å². The Labute approximate surface area is 112 Å². The molecule has 3 heteroatoms. The van der Waals surface area contributed by atoms with Crippen molar-refractivity contribution in [3.63, 3.8) is 0 Å². The molecule has 2 rings (SSSR count). The Kier molecular flexibility index (Phi) is 3.85. The molecule has 0 aliphatic carbocycles. The molecule has 98 valence electrons. The van der Waals surface area contributed by atoms with Gasteiger partial charge in [-0.25, -0.2) is 4.79 Å². The molecule has 0 bridgehead atoms. The van der Waals surface area contributed by atoms with Crippen LogP contribution < -0.4 is 4.74 Å². The van der Waals surface area contributed by atoms with E-state index in [0.717, 1.165) is 23.1 Å². The van der Waals surface area contributed by atoms with Crippen molar-refractivity contribution in [3.8, 4) is 16.9 Å². The first kappa shape index (κ1) is 13.1. The Bertz CT molecular complexity index is 603. The highest BCUT2D eigenvalue weighted by Gasteiger charge is 2.12. The summed E-state index contributed by atoms with van der Waals surface area (Å²) in [5, 5.41) is 8.81. The molecule has 0 amide bonds. The smallest absolute Gasteiger partial charge is 0.449 e. The fourth-order valence-corrected chi connectivity index (χ4v) is 2.13. The van der Waals surface area contributed by atoms with Gasteiger partial charge < -0.3 is 9.84 Å². The third kappa shape index (κ3) is 2.94. The molecule has 2 aromatic rings. The SMILES string of the molecule is CCc1ccccc1-c1cc(C)ccc1OC(=O)O. The van der Waals surface area contributed by atoms with Crippen molar-refractivity contribution in [1.29, 1.82) is 0 Å². The Morgan fingerprint density at radius 2 is 1.89 bits per heavy atom. The highest BCUT2D eigenvalue weighted by atomic mass is 16.7. The van der Waals surface area contributed by atoms with E-state index < -0.39 is 6.16 Å². The van der Waals surface area contributed by atoms with Gasteiger partial charge in [0.2, 0.25) is 0 Å². The number of rotatable bonds is 3. The summed E-state index contributed by atoms with van der Waals surface area (Å²) < 4.78 is 4.87. The van der Waals surface area contributed by atoms with Crippen LogP contribution >= 0.6 is 0 Å². The maximum absolute atomic E-state index is 10.8. The van der Waals surface area contributed by atoms with Crippen molar-refractivity contribution in [1.82, 2.24) is 0 Å². The van der Waals surface area contributed by atoms with E-state index in [1.807, 2.05) is 43.3 Å². The molecule has 0 spiro atoms. The standard InChI is InChI=1S/C16H16O3/c1-3-12-6-4-5-7-13(12)14-10-11(2)8-9-15(14)19-16(17)18/h4-10H,3H2,1-2H3,(H,17,18). The summed E-state index contributed by atoms with van der Waals surface area (Å²) in [6, 6.07) is 13.5. The fraction of sp³-hybridized carbons (Fsp3) is 0.188. The van der Waals surface area contributed by atoms with Crippen LogP contribution in [0.25, 0.3) is 11.1 Å². The Balaban J connectivity index is 2.59. The van der Waals surface area contributed by atoms with E-state index in [4.69, 9.17) is 9.84 Å². The van der Waals surface area contributed by atoms with Crippen molar-refractivity contribution in [2.75, 3.05) is 0 Å². The van der Waals surface area contributed by atoms with Gasteiger partial charge >= 0.3 is 6.16 Å². The van der Waals surface area contributed by atoms with E-state index in [-0.39, 0.29) is 0 Å². The van der Waals surface area contributed by atoms with Crippen LogP contribution in [0.3, 0.4) is 0 Å². The molecule has 0 unspecified atom stereocenters. The van der Waals surface area contributed by atoms with Crippen LogP contribution in [-0.4, -0.2) is 11.3 Å². The summed E-state index contributed by atoms with van der Waals surface area (Å²) in [6.45, 7) is 4.05. The second-order valence-electron chi connectivity index (χ2n) is 4.38. The van der Waals surface area contributed by atoms with Crippen LogP contribution in [0.4, 0.5) is 4.79 Å². The number of carbonyl (C=O) groups is 1. The lowest BCUT2D eigenvalue weighted by molar-refractivity contribution is 0.144. The second kappa shape index (κ2) is 5.57. The van der Waals surface area contributed by atoms with Crippen LogP contribution in [0.15, 0.2) is 42.5 Å². The van der Waals surface area contributed by atoms with E-state index in [2.05, 4.69) is 6.92 Å². The van der Waals surface area contributed by atoms with Gasteiger partial charge in [-0.3, -0.25) is 0 Å². The quantitative estimate of drug-likeness (QED) is 0.658. The van der Waals surface area contributed by atoms with E-state index in [0.29, 0.717) is 5.75 Å². The van der Waals surface area contributed by atoms with Gasteiger partial charge in [0, 0.05) is 5.56 Å². The topological polar surface area (TPSA) is 46.5 Å². The first-order valence-electron chi connectivity index (χ1n) is 6.21. The molecule has 0 heterocycles. The summed E-state index contributed by atoms with van der Waals surface area (Å²) in [6.07, 6.45) is -0.407. The molecule has 0 aliphatic heterocycles. The van der Waals surface area contributed by atoms with Gasteiger partial charge in [0.1, 0.15) is 5.75 Å². The third-order valence-electron chi connectivity index (χ3n) is 3.02. The average Bonchev–Trinajstić information content (AvgIpc) is 2.40. The number of benzene rings is 2. The normalized spacial score (nSPS) is 10.2. The first-order valence-corrected chi connectivity index (χ1v) is 6.21. The molecule has 0 fully saturated rings. The van der Waals surface area contributed by atoms with E-state index in [1.165, 1.54) is 5.56 Å². The zero-order valence-corrected chi connectivity index (χ0v) is 11.0. The molecular weight excluding hydrogens is 240 g/mol. The number of hydrogen-bond acceptors (Lipinski definition) is 2. The average molecular weight is 256 g/mol. The zero-order valence-electron chi connectivity index (χ0n) is 11.0. The first-order chi connectivity index (χ1) is 9.11. The van der Waals surface area contributed by atoms with E-state index in [1.54, 1.807) is 6.07 Å². The molecule has 3 nitrogen and oxygen atoms in total. The molecular formula is C16H16O3. The van der Waals surface area contributed by atoms with Gasteiger partial charge in [0.25, 0.3) is 0 Å². The van der Waals surface area contributed by atoms with Crippen molar-refractivity contribution >= 4 is 6.16 Å². The molecule has 0 radical (unpaired) electrons. The summed E-state index contributed by atoms with van der Waals surface area (Å²) >= 11 is 0. The Morgan fingerprint density at radius 3 is 2.58 bits per heavy atom. The monoisotopic (exact) mass is 256 g/mol. The molecule has 0 saturated heterocycles. The van der Waals surface area contributed by atoms with E-state index in [9.17, 15) is 4.79 Å². The lowest BCUT2D eigenvalue weighted by Gasteiger charge is -2.12. The second-order valence-corrected chi connectivity index (χ2v) is 4.38. The molecule has 19 heavy (non-hydrogen) atoms. The lowest BCUT2D eigenvalue weighted by Crippen LogP contribution is -2.04. The molecule has 0 aromatic heterocycles. The summed E-state index contributed by atoms with van der Waals surface area (Å²) in [5.41, 5.74) is 4.08. The van der Waals surface area contributed by atoms with Crippen molar-refractivity contribution in [3.05, 3.63) is 53.6 Å². The van der Waals surface area contributed by atoms with Crippen LogP contribution in [0.1, 0.15) is 18.1 Å². The predicted molar refractivity (Wildman–Crippen MR) is 74.6 cm³/mol.